The third kappa shape index (κ3) is 3.37. The maximum atomic E-state index is 13.5. The highest BCUT2D eigenvalue weighted by Crippen LogP contribution is 2.22. The van der Waals surface area contributed by atoms with Crippen molar-refractivity contribution in [3.63, 3.8) is 0 Å². The molecule has 2 N–H and O–H groups in total. The van der Waals surface area contributed by atoms with Crippen molar-refractivity contribution in [2.75, 3.05) is 31.5 Å². The average Bonchev–Trinajstić information content (AvgIpc) is 2.44. The van der Waals surface area contributed by atoms with E-state index in [1.54, 1.807) is 12.1 Å². The molecule has 1 aromatic carbocycles. The van der Waals surface area contributed by atoms with Gasteiger partial charge in [0.1, 0.15) is 5.82 Å². The lowest BCUT2D eigenvalue weighted by Crippen LogP contribution is -2.58. The molecule has 1 heterocycles. The number of piperazine rings is 1. The first-order valence-electron chi connectivity index (χ1n) is 6.63. The average molecular weight is 344 g/mol. The number of halogens is 2. The van der Waals surface area contributed by atoms with E-state index in [0.717, 1.165) is 26.2 Å². The zero-order valence-electron chi connectivity index (χ0n) is 11.7. The third-order valence-electron chi connectivity index (χ3n) is 3.64. The molecule has 20 heavy (non-hydrogen) atoms. The Balaban J connectivity index is 2.07. The SMILES string of the molecule is CC(C)(C(=O)Nc1ccc(Br)c(F)c1)N1CCNCC1. The molecule has 0 aliphatic carbocycles. The number of rotatable bonds is 3. The van der Waals surface area contributed by atoms with Crippen molar-refractivity contribution < 1.29 is 9.18 Å². The molecule has 0 spiro atoms. The summed E-state index contributed by atoms with van der Waals surface area (Å²) in [5.74, 6) is -0.510. The Morgan fingerprint density at radius 2 is 2.05 bits per heavy atom. The number of anilines is 1. The van der Waals surface area contributed by atoms with Crippen molar-refractivity contribution in [3.05, 3.63) is 28.5 Å². The number of benzene rings is 1. The quantitative estimate of drug-likeness (QED) is 0.884. The lowest BCUT2D eigenvalue weighted by atomic mass is 10.0. The van der Waals surface area contributed by atoms with Gasteiger partial charge in [-0.2, -0.15) is 0 Å². The van der Waals surface area contributed by atoms with Gasteiger partial charge in [-0.3, -0.25) is 9.69 Å². The molecule has 0 aromatic heterocycles. The van der Waals surface area contributed by atoms with Gasteiger partial charge in [-0.05, 0) is 48.0 Å². The molecule has 1 aliphatic heterocycles. The van der Waals surface area contributed by atoms with Crippen LogP contribution in [0.2, 0.25) is 0 Å². The normalized spacial score (nSPS) is 17.0. The Morgan fingerprint density at radius 3 is 2.65 bits per heavy atom. The van der Waals surface area contributed by atoms with Crippen molar-refractivity contribution in [3.8, 4) is 0 Å². The van der Waals surface area contributed by atoms with Crippen LogP contribution >= 0.6 is 15.9 Å². The minimum absolute atomic E-state index is 0.124. The summed E-state index contributed by atoms with van der Waals surface area (Å²) in [6.07, 6.45) is 0. The van der Waals surface area contributed by atoms with E-state index >= 15 is 0 Å². The van der Waals surface area contributed by atoms with Gasteiger partial charge in [0.05, 0.1) is 10.0 Å². The van der Waals surface area contributed by atoms with Crippen molar-refractivity contribution in [2.24, 2.45) is 0 Å². The van der Waals surface area contributed by atoms with E-state index in [-0.39, 0.29) is 11.7 Å². The molecule has 0 unspecified atom stereocenters. The first-order chi connectivity index (χ1) is 9.41. The van der Waals surface area contributed by atoms with Gasteiger partial charge in [-0.1, -0.05) is 0 Å². The van der Waals surface area contributed by atoms with Crippen LogP contribution in [-0.4, -0.2) is 42.5 Å². The highest BCUT2D eigenvalue weighted by atomic mass is 79.9. The number of amides is 1. The maximum absolute atomic E-state index is 13.5. The first kappa shape index (κ1) is 15.4. The summed E-state index contributed by atoms with van der Waals surface area (Å²) in [6.45, 7) is 7.20. The third-order valence-corrected chi connectivity index (χ3v) is 4.28. The van der Waals surface area contributed by atoms with Gasteiger partial charge in [0.2, 0.25) is 5.91 Å². The molecule has 1 aliphatic rings. The second-order valence-electron chi connectivity index (χ2n) is 5.38. The monoisotopic (exact) mass is 343 g/mol. The molecular formula is C14H19BrFN3O. The Bertz CT molecular complexity index is 501. The molecule has 1 fully saturated rings. The van der Waals surface area contributed by atoms with Gasteiger partial charge in [-0.25, -0.2) is 4.39 Å². The zero-order chi connectivity index (χ0) is 14.8. The molecule has 0 saturated carbocycles. The molecule has 110 valence electrons. The molecular weight excluding hydrogens is 325 g/mol. The van der Waals surface area contributed by atoms with E-state index in [1.165, 1.54) is 6.07 Å². The van der Waals surface area contributed by atoms with Crippen LogP contribution in [0.15, 0.2) is 22.7 Å². The summed E-state index contributed by atoms with van der Waals surface area (Å²) in [5, 5.41) is 6.05. The molecule has 1 amide bonds. The Kier molecular flexibility index (Phi) is 4.78. The van der Waals surface area contributed by atoms with Crippen LogP contribution in [0.5, 0.6) is 0 Å². The molecule has 0 atom stereocenters. The topological polar surface area (TPSA) is 44.4 Å². The predicted molar refractivity (Wildman–Crippen MR) is 81.3 cm³/mol. The highest BCUT2D eigenvalue weighted by molar-refractivity contribution is 9.10. The van der Waals surface area contributed by atoms with E-state index in [1.807, 2.05) is 13.8 Å². The number of carbonyl (C=O) groups excluding carboxylic acids is 1. The fraction of sp³-hybridized carbons (Fsp3) is 0.500. The van der Waals surface area contributed by atoms with Crippen LogP contribution in [0, 0.1) is 5.82 Å². The minimum Gasteiger partial charge on any atom is -0.324 e. The van der Waals surface area contributed by atoms with Gasteiger partial charge in [0.25, 0.3) is 0 Å². The van der Waals surface area contributed by atoms with Crippen LogP contribution in [0.4, 0.5) is 10.1 Å². The fourth-order valence-corrected chi connectivity index (χ4v) is 2.47. The van der Waals surface area contributed by atoms with Gasteiger partial charge in [0.15, 0.2) is 0 Å². The first-order valence-corrected chi connectivity index (χ1v) is 7.43. The summed E-state index contributed by atoms with van der Waals surface area (Å²) >= 11 is 3.09. The number of nitrogens with one attached hydrogen (secondary N) is 2. The standard InChI is InChI=1S/C14H19BrFN3O/c1-14(2,19-7-5-17-6-8-19)13(20)18-10-3-4-11(15)12(16)9-10/h3-4,9,17H,5-8H2,1-2H3,(H,18,20). The largest absolute Gasteiger partial charge is 0.324 e. The lowest BCUT2D eigenvalue weighted by Gasteiger charge is -2.39. The lowest BCUT2D eigenvalue weighted by molar-refractivity contribution is -0.126. The van der Waals surface area contributed by atoms with Crippen molar-refractivity contribution in [2.45, 2.75) is 19.4 Å². The van der Waals surface area contributed by atoms with Gasteiger partial charge in [0, 0.05) is 31.9 Å². The van der Waals surface area contributed by atoms with Gasteiger partial charge >= 0.3 is 0 Å². The van der Waals surface area contributed by atoms with E-state index in [9.17, 15) is 9.18 Å². The molecule has 6 heteroatoms. The molecule has 0 radical (unpaired) electrons. The molecule has 1 saturated heterocycles. The zero-order valence-corrected chi connectivity index (χ0v) is 13.3. The molecule has 2 rings (SSSR count). The van der Waals surface area contributed by atoms with E-state index < -0.39 is 5.54 Å². The van der Waals surface area contributed by atoms with Gasteiger partial charge in [-0.15, -0.1) is 0 Å². The highest BCUT2D eigenvalue weighted by Gasteiger charge is 2.35. The summed E-state index contributed by atoms with van der Waals surface area (Å²) in [5.41, 5.74) is -0.148. The van der Waals surface area contributed by atoms with Gasteiger partial charge < -0.3 is 10.6 Å². The summed E-state index contributed by atoms with van der Waals surface area (Å²) in [7, 11) is 0. The van der Waals surface area contributed by atoms with Crippen LogP contribution < -0.4 is 10.6 Å². The Morgan fingerprint density at radius 1 is 1.40 bits per heavy atom. The van der Waals surface area contributed by atoms with Crippen molar-refractivity contribution in [1.29, 1.82) is 0 Å². The molecule has 1 aromatic rings. The van der Waals surface area contributed by atoms with Crippen molar-refractivity contribution >= 4 is 27.5 Å². The smallest absolute Gasteiger partial charge is 0.244 e. The predicted octanol–water partition coefficient (Wildman–Crippen LogP) is 2.21. The number of carbonyl (C=O) groups is 1. The van der Waals surface area contributed by atoms with E-state index in [0.29, 0.717) is 10.2 Å². The molecule has 0 bridgehead atoms. The fourth-order valence-electron chi connectivity index (χ4n) is 2.23. The van der Waals surface area contributed by atoms with E-state index in [4.69, 9.17) is 0 Å². The summed E-state index contributed by atoms with van der Waals surface area (Å²) < 4.78 is 13.8. The van der Waals surface area contributed by atoms with Crippen LogP contribution in [-0.2, 0) is 4.79 Å². The second-order valence-corrected chi connectivity index (χ2v) is 6.23. The maximum Gasteiger partial charge on any atom is 0.244 e. The van der Waals surface area contributed by atoms with Crippen molar-refractivity contribution in [1.82, 2.24) is 10.2 Å². The van der Waals surface area contributed by atoms with Crippen LogP contribution in [0.3, 0.4) is 0 Å². The van der Waals surface area contributed by atoms with E-state index in [2.05, 4.69) is 31.5 Å². The minimum atomic E-state index is -0.619. The number of hydrogen-bond acceptors (Lipinski definition) is 3. The van der Waals surface area contributed by atoms with Crippen LogP contribution in [0.1, 0.15) is 13.8 Å². The number of hydrogen-bond donors (Lipinski definition) is 2. The van der Waals surface area contributed by atoms with Crippen LogP contribution in [0.25, 0.3) is 0 Å². The number of nitrogens with zero attached hydrogens (tertiary/aromatic N) is 1. The molecule has 4 nitrogen and oxygen atoms in total. The summed E-state index contributed by atoms with van der Waals surface area (Å²) in [6, 6.07) is 4.58. The Hall–Kier alpha value is -0.980. The Labute approximate surface area is 126 Å². The second kappa shape index (κ2) is 6.20. The summed E-state index contributed by atoms with van der Waals surface area (Å²) in [4.78, 5) is 14.6.